The predicted molar refractivity (Wildman–Crippen MR) is 98.2 cm³/mol. The summed E-state index contributed by atoms with van der Waals surface area (Å²) in [5.41, 5.74) is 1.66. The van der Waals surface area contributed by atoms with Gasteiger partial charge in [0.2, 0.25) is 5.13 Å². The quantitative estimate of drug-likeness (QED) is 0.590. The second kappa shape index (κ2) is 6.34. The van der Waals surface area contributed by atoms with Crippen molar-refractivity contribution in [3.63, 3.8) is 0 Å². The molecule has 9 heteroatoms. The molecule has 0 atom stereocenters. The number of rotatable bonds is 4. The van der Waals surface area contributed by atoms with Crippen LogP contribution in [0.1, 0.15) is 35.3 Å². The number of aryl methyl sites for hydroxylation is 1. The van der Waals surface area contributed by atoms with Crippen LogP contribution in [0.4, 0.5) is 5.13 Å². The molecule has 0 spiro atoms. The van der Waals surface area contributed by atoms with E-state index in [1.54, 1.807) is 35.3 Å². The van der Waals surface area contributed by atoms with Crippen molar-refractivity contribution in [3.8, 4) is 11.5 Å². The van der Waals surface area contributed by atoms with Gasteiger partial charge < -0.3 is 4.42 Å². The Balaban J connectivity index is 1.85. The van der Waals surface area contributed by atoms with Gasteiger partial charge in [0.25, 0.3) is 5.91 Å². The van der Waals surface area contributed by atoms with Gasteiger partial charge in [-0.3, -0.25) is 10.1 Å². The molecule has 0 saturated carbocycles. The lowest BCUT2D eigenvalue weighted by Crippen LogP contribution is -2.13. The van der Waals surface area contributed by atoms with Gasteiger partial charge in [-0.2, -0.15) is 5.10 Å². The molecule has 0 saturated heterocycles. The molecule has 1 amide bonds. The molecule has 0 radical (unpaired) electrons. The summed E-state index contributed by atoms with van der Waals surface area (Å²) >= 11 is 1.32. The number of carbonyl (C=O) groups is 1. The standard InChI is InChI=1S/C17H16N6O2S/c1-9(2)23-15-12(8-18-23)11(7-13(19-15)14-5-4-6-25-14)16(24)20-17-22-21-10(3)26-17/h4-9H,1-3H3,(H,20,22,24). The van der Waals surface area contributed by atoms with Crippen molar-refractivity contribution in [1.82, 2.24) is 25.0 Å². The van der Waals surface area contributed by atoms with Crippen LogP contribution in [0.15, 0.2) is 35.1 Å². The van der Waals surface area contributed by atoms with Crippen LogP contribution in [-0.4, -0.2) is 30.9 Å². The molecule has 26 heavy (non-hydrogen) atoms. The fourth-order valence-corrected chi connectivity index (χ4v) is 3.23. The number of hydrogen-bond acceptors (Lipinski definition) is 7. The first-order chi connectivity index (χ1) is 12.5. The van der Waals surface area contributed by atoms with Gasteiger partial charge in [-0.15, -0.1) is 10.2 Å². The minimum absolute atomic E-state index is 0.105. The molecule has 132 valence electrons. The van der Waals surface area contributed by atoms with Crippen molar-refractivity contribution in [2.24, 2.45) is 0 Å². The summed E-state index contributed by atoms with van der Waals surface area (Å²) in [6.45, 7) is 5.86. The number of anilines is 1. The second-order valence-corrected chi connectivity index (χ2v) is 7.21. The van der Waals surface area contributed by atoms with E-state index in [4.69, 9.17) is 4.42 Å². The summed E-state index contributed by atoms with van der Waals surface area (Å²) in [7, 11) is 0. The van der Waals surface area contributed by atoms with Crippen LogP contribution in [0.3, 0.4) is 0 Å². The van der Waals surface area contributed by atoms with Gasteiger partial charge in [-0.05, 0) is 39.0 Å². The molecule has 0 unspecified atom stereocenters. The number of furan rings is 1. The highest BCUT2D eigenvalue weighted by Gasteiger charge is 2.20. The molecule has 4 rings (SSSR count). The highest BCUT2D eigenvalue weighted by molar-refractivity contribution is 7.15. The highest BCUT2D eigenvalue weighted by Crippen LogP contribution is 2.27. The van der Waals surface area contributed by atoms with Gasteiger partial charge >= 0.3 is 0 Å². The zero-order valence-electron chi connectivity index (χ0n) is 14.4. The molecule has 0 bridgehead atoms. The zero-order valence-corrected chi connectivity index (χ0v) is 15.2. The van der Waals surface area contributed by atoms with Crippen LogP contribution < -0.4 is 5.32 Å². The average Bonchev–Trinajstić information content (AvgIpc) is 3.33. The van der Waals surface area contributed by atoms with Crippen molar-refractivity contribution in [2.75, 3.05) is 5.32 Å². The largest absolute Gasteiger partial charge is 0.463 e. The third-order valence-electron chi connectivity index (χ3n) is 3.82. The Bertz CT molecular complexity index is 1080. The number of fused-ring (bicyclic) bond motifs is 1. The molecule has 0 aliphatic rings. The van der Waals surface area contributed by atoms with E-state index in [-0.39, 0.29) is 11.9 Å². The van der Waals surface area contributed by atoms with Crippen molar-refractivity contribution < 1.29 is 9.21 Å². The van der Waals surface area contributed by atoms with Crippen molar-refractivity contribution in [3.05, 3.63) is 41.2 Å². The van der Waals surface area contributed by atoms with Gasteiger partial charge in [0.15, 0.2) is 11.4 Å². The molecule has 0 aromatic carbocycles. The summed E-state index contributed by atoms with van der Waals surface area (Å²) in [6.07, 6.45) is 3.24. The lowest BCUT2D eigenvalue weighted by molar-refractivity contribution is 0.102. The lowest BCUT2D eigenvalue weighted by Gasteiger charge is -2.09. The summed E-state index contributed by atoms with van der Waals surface area (Å²) in [5, 5.41) is 17.0. The van der Waals surface area contributed by atoms with Crippen LogP contribution >= 0.6 is 11.3 Å². The summed E-state index contributed by atoms with van der Waals surface area (Å²) in [4.78, 5) is 17.5. The smallest absolute Gasteiger partial charge is 0.258 e. The number of carbonyl (C=O) groups excluding carboxylic acids is 1. The molecule has 0 aliphatic carbocycles. The summed E-state index contributed by atoms with van der Waals surface area (Å²) in [5.74, 6) is 0.300. The first-order valence-corrected chi connectivity index (χ1v) is 8.88. The lowest BCUT2D eigenvalue weighted by atomic mass is 10.1. The zero-order chi connectivity index (χ0) is 18.3. The molecule has 4 aromatic heterocycles. The Morgan fingerprint density at radius 2 is 2.19 bits per heavy atom. The van der Waals surface area contributed by atoms with E-state index in [0.29, 0.717) is 33.2 Å². The van der Waals surface area contributed by atoms with Crippen LogP contribution in [0.5, 0.6) is 0 Å². The number of amides is 1. The topological polar surface area (TPSA) is 98.7 Å². The first-order valence-electron chi connectivity index (χ1n) is 8.06. The van der Waals surface area contributed by atoms with Gasteiger partial charge in [0.1, 0.15) is 10.7 Å². The maximum absolute atomic E-state index is 12.9. The van der Waals surface area contributed by atoms with E-state index in [1.165, 1.54) is 11.3 Å². The molecular weight excluding hydrogens is 352 g/mol. The summed E-state index contributed by atoms with van der Waals surface area (Å²) < 4.78 is 7.24. The molecule has 8 nitrogen and oxygen atoms in total. The number of hydrogen-bond donors (Lipinski definition) is 1. The molecular formula is C17H16N6O2S. The molecule has 0 fully saturated rings. The van der Waals surface area contributed by atoms with Gasteiger partial charge in [0, 0.05) is 6.04 Å². The molecule has 1 N–H and O–H groups in total. The molecule has 4 heterocycles. The monoisotopic (exact) mass is 368 g/mol. The van der Waals surface area contributed by atoms with E-state index in [0.717, 1.165) is 5.01 Å². The third-order valence-corrected chi connectivity index (χ3v) is 4.57. The van der Waals surface area contributed by atoms with Gasteiger partial charge in [-0.25, -0.2) is 9.67 Å². The fourth-order valence-electron chi connectivity index (χ4n) is 2.65. The van der Waals surface area contributed by atoms with Crippen LogP contribution in [0.2, 0.25) is 0 Å². The predicted octanol–water partition coefficient (Wildman–Crippen LogP) is 3.68. The maximum atomic E-state index is 12.9. The molecule has 0 aliphatic heterocycles. The average molecular weight is 368 g/mol. The third kappa shape index (κ3) is 2.86. The van der Waals surface area contributed by atoms with E-state index >= 15 is 0 Å². The van der Waals surface area contributed by atoms with Crippen molar-refractivity contribution in [2.45, 2.75) is 26.8 Å². The van der Waals surface area contributed by atoms with E-state index < -0.39 is 0 Å². The van der Waals surface area contributed by atoms with E-state index in [1.807, 2.05) is 20.8 Å². The van der Waals surface area contributed by atoms with Crippen LogP contribution in [-0.2, 0) is 0 Å². The Kier molecular flexibility index (Phi) is 4.00. The van der Waals surface area contributed by atoms with Gasteiger partial charge in [0.05, 0.1) is 23.4 Å². The van der Waals surface area contributed by atoms with E-state index in [9.17, 15) is 4.79 Å². The minimum Gasteiger partial charge on any atom is -0.463 e. The molecule has 4 aromatic rings. The fraction of sp³-hybridized carbons (Fsp3) is 0.235. The Labute approximate surface area is 152 Å². The number of nitrogens with zero attached hydrogens (tertiary/aromatic N) is 5. The van der Waals surface area contributed by atoms with Crippen LogP contribution in [0.25, 0.3) is 22.5 Å². The Morgan fingerprint density at radius 1 is 1.35 bits per heavy atom. The normalized spacial score (nSPS) is 11.4. The highest BCUT2D eigenvalue weighted by atomic mass is 32.1. The second-order valence-electron chi connectivity index (χ2n) is 6.03. The Morgan fingerprint density at radius 3 is 2.85 bits per heavy atom. The number of pyridine rings is 1. The van der Waals surface area contributed by atoms with Crippen molar-refractivity contribution in [1.29, 1.82) is 0 Å². The Hall–Kier alpha value is -3.07. The minimum atomic E-state index is -0.287. The number of aromatic nitrogens is 5. The summed E-state index contributed by atoms with van der Waals surface area (Å²) in [6, 6.07) is 5.40. The number of nitrogens with one attached hydrogen (secondary N) is 1. The SMILES string of the molecule is Cc1nnc(NC(=O)c2cc(-c3ccco3)nc3c2cnn3C(C)C)s1. The first kappa shape index (κ1) is 16.4. The van der Waals surface area contributed by atoms with Crippen LogP contribution in [0, 0.1) is 6.92 Å². The van der Waals surface area contributed by atoms with Crippen molar-refractivity contribution >= 4 is 33.4 Å². The van der Waals surface area contributed by atoms with E-state index in [2.05, 4.69) is 25.6 Å². The maximum Gasteiger partial charge on any atom is 0.258 e. The van der Waals surface area contributed by atoms with Gasteiger partial charge in [-0.1, -0.05) is 11.3 Å².